The van der Waals surface area contributed by atoms with Crippen LogP contribution in [0.1, 0.15) is 72.8 Å². The van der Waals surface area contributed by atoms with Crippen molar-refractivity contribution < 1.29 is 17.7 Å². The van der Waals surface area contributed by atoms with Gasteiger partial charge in [-0.15, -0.1) is 5.10 Å². The van der Waals surface area contributed by atoms with E-state index in [9.17, 15) is 13.2 Å². The van der Waals surface area contributed by atoms with E-state index in [-0.39, 0.29) is 18.8 Å². The zero-order valence-corrected chi connectivity index (χ0v) is 18.1. The third-order valence-electron chi connectivity index (χ3n) is 6.91. The third kappa shape index (κ3) is 3.59. The summed E-state index contributed by atoms with van der Waals surface area (Å²) in [6, 6.07) is 0. The Bertz CT molecular complexity index is 1100. The number of alkyl halides is 3. The minimum atomic E-state index is -4.26. The first-order valence-corrected chi connectivity index (χ1v) is 11.1. The van der Waals surface area contributed by atoms with Crippen LogP contribution >= 0.6 is 0 Å². The topological polar surface area (TPSA) is 93.4 Å². The standard InChI is InChI=1S/C22H25F3N6O/c1-11-17(12(2)32-29-11)18-15-10-14(22(23,24)25)8-9-16(15)26-20(13-6-4-3-5-7-13)19(18)21-27-30-31-28-21/h13-14H,3-10H2,1-2H3,(H,27,28,30,31). The second kappa shape index (κ2) is 7.97. The van der Waals surface area contributed by atoms with Crippen molar-refractivity contribution in [1.29, 1.82) is 0 Å². The number of aryl methyl sites for hydroxylation is 3. The summed E-state index contributed by atoms with van der Waals surface area (Å²) >= 11 is 0. The molecule has 0 aromatic carbocycles. The molecule has 32 heavy (non-hydrogen) atoms. The second-order valence-electron chi connectivity index (χ2n) is 8.94. The Labute approximate surface area is 183 Å². The molecule has 3 aromatic heterocycles. The Balaban J connectivity index is 1.81. The second-order valence-corrected chi connectivity index (χ2v) is 8.94. The number of nitrogens with zero attached hydrogens (tertiary/aromatic N) is 5. The minimum Gasteiger partial charge on any atom is -0.361 e. The van der Waals surface area contributed by atoms with Gasteiger partial charge in [0.1, 0.15) is 5.76 Å². The van der Waals surface area contributed by atoms with Gasteiger partial charge in [-0.2, -0.15) is 13.2 Å². The van der Waals surface area contributed by atoms with Crippen molar-refractivity contribution in [3.05, 3.63) is 28.4 Å². The number of fused-ring (bicyclic) bond motifs is 1. The molecule has 170 valence electrons. The van der Waals surface area contributed by atoms with Gasteiger partial charge in [0.25, 0.3) is 0 Å². The van der Waals surface area contributed by atoms with Gasteiger partial charge in [-0.05, 0) is 61.9 Å². The molecule has 0 saturated heterocycles. The molecule has 3 heterocycles. The van der Waals surface area contributed by atoms with Crippen LogP contribution in [0.25, 0.3) is 22.5 Å². The molecule has 10 heteroatoms. The molecule has 1 atom stereocenters. The van der Waals surface area contributed by atoms with Gasteiger partial charge in [-0.25, -0.2) is 5.10 Å². The van der Waals surface area contributed by atoms with Gasteiger partial charge in [-0.1, -0.05) is 24.4 Å². The average Bonchev–Trinajstić information content (AvgIpc) is 3.42. The highest BCUT2D eigenvalue weighted by molar-refractivity contribution is 5.87. The zero-order chi connectivity index (χ0) is 22.5. The lowest BCUT2D eigenvalue weighted by atomic mass is 9.77. The number of hydrogen-bond donors (Lipinski definition) is 1. The van der Waals surface area contributed by atoms with Gasteiger partial charge in [0.2, 0.25) is 0 Å². The predicted octanol–water partition coefficient (Wildman–Crippen LogP) is 5.25. The van der Waals surface area contributed by atoms with E-state index in [1.165, 1.54) is 6.42 Å². The summed E-state index contributed by atoms with van der Waals surface area (Å²) < 4.78 is 46.6. The number of rotatable bonds is 3. The minimum absolute atomic E-state index is 0.0534. The monoisotopic (exact) mass is 446 g/mol. The number of aromatic amines is 1. The Morgan fingerprint density at radius 3 is 2.41 bits per heavy atom. The first kappa shape index (κ1) is 21.1. The van der Waals surface area contributed by atoms with Crippen molar-refractivity contribution in [3.63, 3.8) is 0 Å². The summed E-state index contributed by atoms with van der Waals surface area (Å²) in [4.78, 5) is 5.01. The fourth-order valence-corrected chi connectivity index (χ4v) is 5.35. The number of nitrogens with one attached hydrogen (secondary N) is 1. The summed E-state index contributed by atoms with van der Waals surface area (Å²) in [7, 11) is 0. The smallest absolute Gasteiger partial charge is 0.361 e. The number of hydrogen-bond acceptors (Lipinski definition) is 6. The fraction of sp³-hybridized carbons (Fsp3) is 0.591. The highest BCUT2D eigenvalue weighted by Crippen LogP contribution is 2.48. The van der Waals surface area contributed by atoms with Gasteiger partial charge in [0.05, 0.1) is 22.9 Å². The van der Waals surface area contributed by atoms with Crippen molar-refractivity contribution >= 4 is 0 Å². The molecule has 2 aliphatic carbocycles. The molecule has 0 aliphatic heterocycles. The fourth-order valence-electron chi connectivity index (χ4n) is 5.35. The SMILES string of the molecule is Cc1noc(C)c1-c1c2c(nc(C3CCCCC3)c1-c1nnn[nH]1)CCC(C(F)(F)F)C2. The lowest BCUT2D eigenvalue weighted by Crippen LogP contribution is -2.30. The van der Waals surface area contributed by atoms with E-state index in [4.69, 9.17) is 9.51 Å². The van der Waals surface area contributed by atoms with E-state index >= 15 is 0 Å². The average molecular weight is 446 g/mol. The van der Waals surface area contributed by atoms with E-state index in [0.29, 0.717) is 40.4 Å². The summed E-state index contributed by atoms with van der Waals surface area (Å²) in [6.07, 6.45) is 1.35. The van der Waals surface area contributed by atoms with Crippen LogP contribution in [0.5, 0.6) is 0 Å². The largest absolute Gasteiger partial charge is 0.392 e. The van der Waals surface area contributed by atoms with Crippen molar-refractivity contribution in [2.24, 2.45) is 5.92 Å². The number of H-pyrrole nitrogens is 1. The molecule has 0 amide bonds. The maximum atomic E-state index is 13.7. The highest BCUT2D eigenvalue weighted by Gasteiger charge is 2.43. The highest BCUT2D eigenvalue weighted by atomic mass is 19.4. The molecule has 1 N–H and O–H groups in total. The molecular weight excluding hydrogens is 421 g/mol. The third-order valence-corrected chi connectivity index (χ3v) is 6.91. The normalized spacial score (nSPS) is 19.8. The predicted molar refractivity (Wildman–Crippen MR) is 110 cm³/mol. The summed E-state index contributed by atoms with van der Waals surface area (Å²) in [5, 5.41) is 18.6. The first-order chi connectivity index (χ1) is 15.3. The van der Waals surface area contributed by atoms with Crippen molar-refractivity contribution in [2.75, 3.05) is 0 Å². The van der Waals surface area contributed by atoms with Crippen LogP contribution in [0.3, 0.4) is 0 Å². The zero-order valence-electron chi connectivity index (χ0n) is 18.1. The van der Waals surface area contributed by atoms with Gasteiger partial charge < -0.3 is 4.52 Å². The molecule has 5 rings (SSSR count). The van der Waals surface area contributed by atoms with Crippen LogP contribution in [-0.2, 0) is 12.8 Å². The maximum Gasteiger partial charge on any atom is 0.392 e. The molecular formula is C22H25F3N6O. The molecule has 1 saturated carbocycles. The molecule has 0 radical (unpaired) electrons. The Kier molecular flexibility index (Phi) is 5.25. The van der Waals surface area contributed by atoms with Gasteiger partial charge in [0, 0.05) is 22.7 Å². The number of halogens is 3. The van der Waals surface area contributed by atoms with Crippen molar-refractivity contribution in [3.8, 4) is 22.5 Å². The summed E-state index contributed by atoms with van der Waals surface area (Å²) in [6.45, 7) is 3.60. The Morgan fingerprint density at radius 1 is 1.00 bits per heavy atom. The van der Waals surface area contributed by atoms with Crippen molar-refractivity contribution in [1.82, 2.24) is 30.8 Å². The van der Waals surface area contributed by atoms with E-state index in [1.54, 1.807) is 6.92 Å². The molecule has 1 fully saturated rings. The molecule has 3 aromatic rings. The van der Waals surface area contributed by atoms with Crippen LogP contribution in [0, 0.1) is 19.8 Å². The van der Waals surface area contributed by atoms with Crippen molar-refractivity contribution in [2.45, 2.75) is 77.3 Å². The summed E-state index contributed by atoms with van der Waals surface area (Å²) in [5.74, 6) is -0.204. The van der Waals surface area contributed by atoms with Gasteiger partial charge >= 0.3 is 6.18 Å². The van der Waals surface area contributed by atoms with Gasteiger partial charge in [0.15, 0.2) is 5.82 Å². The molecule has 7 nitrogen and oxygen atoms in total. The lowest BCUT2D eigenvalue weighted by molar-refractivity contribution is -0.177. The van der Waals surface area contributed by atoms with Crippen LogP contribution < -0.4 is 0 Å². The van der Waals surface area contributed by atoms with E-state index < -0.39 is 12.1 Å². The van der Waals surface area contributed by atoms with E-state index in [0.717, 1.165) is 42.6 Å². The van der Waals surface area contributed by atoms with Crippen LogP contribution in [0.15, 0.2) is 4.52 Å². The lowest BCUT2D eigenvalue weighted by Gasteiger charge is -2.31. The Hall–Kier alpha value is -2.78. The summed E-state index contributed by atoms with van der Waals surface area (Å²) in [5.41, 5.74) is 4.97. The first-order valence-electron chi connectivity index (χ1n) is 11.1. The molecule has 0 spiro atoms. The van der Waals surface area contributed by atoms with Crippen LogP contribution in [0.4, 0.5) is 13.2 Å². The van der Waals surface area contributed by atoms with Gasteiger partial charge in [-0.3, -0.25) is 4.98 Å². The number of aromatic nitrogens is 6. The van der Waals surface area contributed by atoms with Crippen LogP contribution in [-0.4, -0.2) is 36.9 Å². The molecule has 1 unspecified atom stereocenters. The Morgan fingerprint density at radius 2 is 1.78 bits per heavy atom. The number of pyridine rings is 1. The quantitative estimate of drug-likeness (QED) is 0.591. The molecule has 2 aliphatic rings. The molecule has 0 bridgehead atoms. The van der Waals surface area contributed by atoms with E-state index in [1.807, 2.05) is 6.92 Å². The van der Waals surface area contributed by atoms with E-state index in [2.05, 4.69) is 25.8 Å². The maximum absolute atomic E-state index is 13.7. The number of tetrazole rings is 1. The van der Waals surface area contributed by atoms with Crippen LogP contribution in [0.2, 0.25) is 0 Å².